The lowest BCUT2D eigenvalue weighted by Crippen LogP contribution is -2.38. The molecule has 1 saturated heterocycles. The molecular formula is C18H24N4O3S. The van der Waals surface area contributed by atoms with Crippen molar-refractivity contribution in [3.8, 4) is 0 Å². The predicted molar refractivity (Wildman–Crippen MR) is 101 cm³/mol. The van der Waals surface area contributed by atoms with Crippen molar-refractivity contribution >= 4 is 39.2 Å². The van der Waals surface area contributed by atoms with Crippen LogP contribution in [0.1, 0.15) is 23.3 Å². The summed E-state index contributed by atoms with van der Waals surface area (Å²) in [5, 5.41) is 1.12. The highest BCUT2D eigenvalue weighted by Gasteiger charge is 2.28. The second-order valence-corrected chi connectivity index (χ2v) is 8.02. The van der Waals surface area contributed by atoms with E-state index >= 15 is 0 Å². The van der Waals surface area contributed by atoms with E-state index in [0.717, 1.165) is 29.1 Å². The van der Waals surface area contributed by atoms with Gasteiger partial charge in [0.25, 0.3) is 5.91 Å². The van der Waals surface area contributed by atoms with Crippen LogP contribution in [-0.2, 0) is 14.3 Å². The molecule has 3 rings (SSSR count). The van der Waals surface area contributed by atoms with Gasteiger partial charge in [-0.15, -0.1) is 11.3 Å². The summed E-state index contributed by atoms with van der Waals surface area (Å²) < 4.78 is 5.17. The molecular weight excluding hydrogens is 352 g/mol. The molecule has 1 aliphatic heterocycles. The molecule has 1 aliphatic rings. The number of aryl methyl sites for hydroxylation is 2. The summed E-state index contributed by atoms with van der Waals surface area (Å²) in [4.78, 5) is 38.6. The van der Waals surface area contributed by atoms with Gasteiger partial charge in [0, 0.05) is 32.1 Å². The first-order chi connectivity index (χ1) is 12.4. The summed E-state index contributed by atoms with van der Waals surface area (Å²) in [6.07, 6.45) is 3.01. The van der Waals surface area contributed by atoms with E-state index < -0.39 is 0 Å². The Labute approximate surface area is 157 Å². The van der Waals surface area contributed by atoms with Crippen molar-refractivity contribution in [3.63, 3.8) is 0 Å². The van der Waals surface area contributed by atoms with E-state index in [1.165, 1.54) is 15.3 Å². The molecule has 0 bridgehead atoms. The van der Waals surface area contributed by atoms with E-state index in [-0.39, 0.29) is 24.4 Å². The molecule has 0 atom stereocenters. The fourth-order valence-electron chi connectivity index (χ4n) is 3.11. The summed E-state index contributed by atoms with van der Waals surface area (Å²) in [6.45, 7) is 5.49. The van der Waals surface area contributed by atoms with Gasteiger partial charge in [0.15, 0.2) is 6.61 Å². The van der Waals surface area contributed by atoms with Gasteiger partial charge in [0.1, 0.15) is 17.0 Å². The Morgan fingerprint density at radius 2 is 1.96 bits per heavy atom. The maximum Gasteiger partial charge on any atom is 0.309 e. The minimum absolute atomic E-state index is 0.163. The van der Waals surface area contributed by atoms with Gasteiger partial charge >= 0.3 is 5.97 Å². The molecule has 1 amide bonds. The Kier molecular flexibility index (Phi) is 5.41. The largest absolute Gasteiger partial charge is 0.455 e. The highest BCUT2D eigenvalue weighted by molar-refractivity contribution is 7.18. The van der Waals surface area contributed by atoms with Crippen molar-refractivity contribution < 1.29 is 14.3 Å². The van der Waals surface area contributed by atoms with Crippen LogP contribution in [0, 0.1) is 19.8 Å². The smallest absolute Gasteiger partial charge is 0.309 e. The first kappa shape index (κ1) is 18.6. The molecule has 2 aromatic heterocycles. The molecule has 26 heavy (non-hydrogen) atoms. The number of carbonyl (C=O) groups is 2. The molecule has 0 saturated carbocycles. The quantitative estimate of drug-likeness (QED) is 0.761. The lowest BCUT2D eigenvalue weighted by molar-refractivity contribution is -0.155. The van der Waals surface area contributed by atoms with Crippen molar-refractivity contribution in [2.45, 2.75) is 26.7 Å². The molecule has 140 valence electrons. The summed E-state index contributed by atoms with van der Waals surface area (Å²) in [6, 6.07) is 0. The third-order valence-electron chi connectivity index (χ3n) is 4.91. The Balaban J connectivity index is 1.64. The number of anilines is 1. The zero-order valence-electron chi connectivity index (χ0n) is 15.6. The van der Waals surface area contributed by atoms with Gasteiger partial charge in [-0.2, -0.15) is 0 Å². The number of fused-ring (bicyclic) bond motifs is 1. The number of thiophene rings is 1. The Bertz CT molecular complexity index is 825. The maximum atomic E-state index is 12.2. The molecule has 0 aromatic carbocycles. The van der Waals surface area contributed by atoms with Crippen LogP contribution in [-0.4, -0.2) is 60.5 Å². The van der Waals surface area contributed by atoms with Crippen LogP contribution in [0.3, 0.4) is 0 Å². The van der Waals surface area contributed by atoms with Gasteiger partial charge in [-0.05, 0) is 32.3 Å². The number of hydrogen-bond donors (Lipinski definition) is 0. The molecule has 1 fully saturated rings. The number of amides is 1. The highest BCUT2D eigenvalue weighted by Crippen LogP contribution is 2.35. The van der Waals surface area contributed by atoms with Crippen LogP contribution in [0.2, 0.25) is 0 Å². The van der Waals surface area contributed by atoms with Crippen LogP contribution in [0.4, 0.5) is 5.82 Å². The van der Waals surface area contributed by atoms with E-state index in [1.54, 1.807) is 31.8 Å². The average molecular weight is 376 g/mol. The molecule has 0 spiro atoms. The van der Waals surface area contributed by atoms with Gasteiger partial charge in [-0.3, -0.25) is 9.59 Å². The lowest BCUT2D eigenvalue weighted by Gasteiger charge is -2.32. The SMILES string of the molecule is Cc1sc2ncnc(N3CCC(C(=O)OCC(=O)N(C)C)CC3)c2c1C. The van der Waals surface area contributed by atoms with E-state index in [1.807, 2.05) is 0 Å². The first-order valence-electron chi connectivity index (χ1n) is 8.71. The molecule has 3 heterocycles. The molecule has 0 aliphatic carbocycles. The molecule has 0 radical (unpaired) electrons. The van der Waals surface area contributed by atoms with Crippen LogP contribution in [0.5, 0.6) is 0 Å². The van der Waals surface area contributed by atoms with Crippen molar-refractivity contribution in [2.24, 2.45) is 5.92 Å². The standard InChI is InChI=1S/C18H24N4O3S/c1-11-12(2)26-17-15(11)16(19-10-20-17)22-7-5-13(6-8-22)18(24)25-9-14(23)21(3)4/h10,13H,5-9H2,1-4H3. The fourth-order valence-corrected chi connectivity index (χ4v) is 4.10. The average Bonchev–Trinajstić information content (AvgIpc) is 2.93. The number of carbonyl (C=O) groups excluding carboxylic acids is 2. The third kappa shape index (κ3) is 3.65. The van der Waals surface area contributed by atoms with Gasteiger partial charge in [0.05, 0.1) is 11.3 Å². The Morgan fingerprint density at radius 3 is 2.62 bits per heavy atom. The number of rotatable bonds is 4. The van der Waals surface area contributed by atoms with E-state index in [0.29, 0.717) is 12.8 Å². The van der Waals surface area contributed by atoms with Gasteiger partial charge in [-0.25, -0.2) is 9.97 Å². The van der Waals surface area contributed by atoms with Crippen molar-refractivity contribution in [3.05, 3.63) is 16.8 Å². The number of nitrogens with zero attached hydrogens (tertiary/aromatic N) is 4. The summed E-state index contributed by atoms with van der Waals surface area (Å²) in [7, 11) is 3.29. The van der Waals surface area contributed by atoms with Crippen LogP contribution in [0.25, 0.3) is 10.2 Å². The van der Waals surface area contributed by atoms with E-state index in [4.69, 9.17) is 4.74 Å². The minimum Gasteiger partial charge on any atom is -0.455 e. The third-order valence-corrected chi connectivity index (χ3v) is 6.03. The normalized spacial score (nSPS) is 15.3. The second-order valence-electron chi connectivity index (χ2n) is 6.82. The summed E-state index contributed by atoms with van der Waals surface area (Å²) in [5.74, 6) is 0.299. The first-order valence-corrected chi connectivity index (χ1v) is 9.52. The molecule has 0 unspecified atom stereocenters. The van der Waals surface area contributed by atoms with E-state index in [2.05, 4.69) is 28.7 Å². The molecule has 2 aromatic rings. The number of esters is 1. The minimum atomic E-state index is -0.282. The zero-order valence-corrected chi connectivity index (χ0v) is 16.4. The Morgan fingerprint density at radius 1 is 1.27 bits per heavy atom. The van der Waals surface area contributed by atoms with Crippen LogP contribution in [0.15, 0.2) is 6.33 Å². The zero-order chi connectivity index (χ0) is 18.8. The second kappa shape index (κ2) is 7.57. The summed E-state index contributed by atoms with van der Waals surface area (Å²) in [5.41, 5.74) is 1.23. The predicted octanol–water partition coefficient (Wildman–Crippen LogP) is 2.16. The van der Waals surface area contributed by atoms with Gasteiger partial charge in [0.2, 0.25) is 0 Å². The van der Waals surface area contributed by atoms with Crippen LogP contribution < -0.4 is 4.90 Å². The van der Waals surface area contributed by atoms with Crippen molar-refractivity contribution in [1.82, 2.24) is 14.9 Å². The van der Waals surface area contributed by atoms with Crippen LogP contribution >= 0.6 is 11.3 Å². The number of likely N-dealkylation sites (N-methyl/N-ethyl adjacent to an activating group) is 1. The topological polar surface area (TPSA) is 75.6 Å². The number of hydrogen-bond acceptors (Lipinski definition) is 7. The monoisotopic (exact) mass is 376 g/mol. The Hall–Kier alpha value is -2.22. The number of piperidine rings is 1. The fraction of sp³-hybridized carbons (Fsp3) is 0.556. The summed E-state index contributed by atoms with van der Waals surface area (Å²) >= 11 is 1.69. The van der Waals surface area contributed by atoms with Crippen molar-refractivity contribution in [1.29, 1.82) is 0 Å². The molecule has 0 N–H and O–H groups in total. The maximum absolute atomic E-state index is 12.2. The lowest BCUT2D eigenvalue weighted by atomic mass is 9.97. The molecule has 7 nitrogen and oxygen atoms in total. The van der Waals surface area contributed by atoms with Gasteiger partial charge in [-0.1, -0.05) is 0 Å². The molecule has 8 heteroatoms. The van der Waals surface area contributed by atoms with Crippen molar-refractivity contribution in [2.75, 3.05) is 38.7 Å². The van der Waals surface area contributed by atoms with Gasteiger partial charge < -0.3 is 14.5 Å². The number of ether oxygens (including phenoxy) is 1. The highest BCUT2D eigenvalue weighted by atomic mass is 32.1. The number of aromatic nitrogens is 2. The van der Waals surface area contributed by atoms with E-state index in [9.17, 15) is 9.59 Å².